The molecule has 9 heteroatoms. The Morgan fingerprint density at radius 3 is 2.67 bits per heavy atom. The van der Waals surface area contributed by atoms with Gasteiger partial charge in [-0.15, -0.1) is 0 Å². The van der Waals surface area contributed by atoms with Crippen LogP contribution in [-0.4, -0.2) is 60.2 Å². The van der Waals surface area contributed by atoms with Crippen LogP contribution in [0.5, 0.6) is 6.01 Å². The summed E-state index contributed by atoms with van der Waals surface area (Å²) in [6.07, 6.45) is 4.49. The second-order valence-electron chi connectivity index (χ2n) is 9.16. The zero-order chi connectivity index (χ0) is 22.6. The highest BCUT2D eigenvalue weighted by molar-refractivity contribution is 6.03. The molecule has 2 aromatic rings. The average molecular weight is 453 g/mol. The van der Waals surface area contributed by atoms with Crippen LogP contribution in [0.4, 0.5) is 17.3 Å². The van der Waals surface area contributed by atoms with E-state index in [0.29, 0.717) is 30.6 Å². The van der Waals surface area contributed by atoms with Crippen LogP contribution in [0.25, 0.3) is 0 Å². The lowest BCUT2D eigenvalue weighted by Crippen LogP contribution is -2.39. The zero-order valence-electron chi connectivity index (χ0n) is 19.0. The number of aromatic nitrogens is 2. The maximum absolute atomic E-state index is 12.4. The molecule has 0 saturated carbocycles. The van der Waals surface area contributed by atoms with Crippen molar-refractivity contribution in [3.05, 3.63) is 35.4 Å². The standard InChI is InChI=1S/C24H32N6O3/c25-22-21-23(28-24(27-22)33-16-17-6-10-32-11-7-17)30(15-20(31)26-21)14-19-5-3-4-18(12-19)13-29-8-1-2-9-29/h3-5,12,17H,1-2,6-11,13-16H2,(H,26,31)(H2,25,27,28). The smallest absolute Gasteiger partial charge is 0.320 e. The largest absolute Gasteiger partial charge is 0.463 e. The fourth-order valence-electron chi connectivity index (χ4n) is 4.77. The number of nitrogen functional groups attached to an aromatic ring is 1. The molecule has 3 N–H and O–H groups in total. The van der Waals surface area contributed by atoms with E-state index in [4.69, 9.17) is 15.2 Å². The van der Waals surface area contributed by atoms with E-state index in [9.17, 15) is 4.79 Å². The lowest BCUT2D eigenvalue weighted by molar-refractivity contribution is -0.115. The normalized spacial score (nSPS) is 19.4. The Balaban J connectivity index is 1.32. The van der Waals surface area contributed by atoms with Crippen molar-refractivity contribution in [3.8, 4) is 6.01 Å². The van der Waals surface area contributed by atoms with Gasteiger partial charge in [-0.25, -0.2) is 0 Å². The first-order valence-electron chi connectivity index (χ1n) is 11.9. The zero-order valence-corrected chi connectivity index (χ0v) is 19.0. The summed E-state index contributed by atoms with van der Waals surface area (Å²) in [6, 6.07) is 8.81. The monoisotopic (exact) mass is 452 g/mol. The molecule has 5 rings (SSSR count). The van der Waals surface area contributed by atoms with Crippen molar-refractivity contribution < 1.29 is 14.3 Å². The number of nitrogens with two attached hydrogens (primary N) is 1. The number of fused-ring (bicyclic) bond motifs is 1. The number of benzene rings is 1. The van der Waals surface area contributed by atoms with Crippen molar-refractivity contribution in [2.75, 3.05) is 55.4 Å². The summed E-state index contributed by atoms with van der Waals surface area (Å²) in [7, 11) is 0. The number of rotatable bonds is 7. The number of likely N-dealkylation sites (tertiary alicyclic amines) is 1. The Bertz CT molecular complexity index is 988. The molecule has 33 heavy (non-hydrogen) atoms. The summed E-state index contributed by atoms with van der Waals surface area (Å²) in [4.78, 5) is 25.7. The van der Waals surface area contributed by atoms with Gasteiger partial charge in [0, 0.05) is 26.3 Å². The predicted octanol–water partition coefficient (Wildman–Crippen LogP) is 2.42. The summed E-state index contributed by atoms with van der Waals surface area (Å²) < 4.78 is 11.3. The minimum Gasteiger partial charge on any atom is -0.463 e. The SMILES string of the molecule is Nc1nc(OCC2CCOCC2)nc2c1NC(=O)CN2Cc1cccc(CN2CCCC2)c1. The van der Waals surface area contributed by atoms with Crippen molar-refractivity contribution in [3.63, 3.8) is 0 Å². The first kappa shape index (κ1) is 21.9. The molecule has 0 bridgehead atoms. The van der Waals surface area contributed by atoms with Gasteiger partial charge in [0.25, 0.3) is 0 Å². The molecule has 0 aliphatic carbocycles. The second-order valence-corrected chi connectivity index (χ2v) is 9.16. The third-order valence-corrected chi connectivity index (χ3v) is 6.55. The molecule has 2 fully saturated rings. The summed E-state index contributed by atoms with van der Waals surface area (Å²) in [5, 5.41) is 2.83. The van der Waals surface area contributed by atoms with Crippen LogP contribution in [0.15, 0.2) is 24.3 Å². The highest BCUT2D eigenvalue weighted by Crippen LogP contribution is 2.34. The molecule has 2 saturated heterocycles. The maximum atomic E-state index is 12.4. The number of nitrogens with one attached hydrogen (secondary N) is 1. The van der Waals surface area contributed by atoms with Crippen LogP contribution in [0.2, 0.25) is 0 Å². The molecule has 176 valence electrons. The van der Waals surface area contributed by atoms with Gasteiger partial charge in [0.2, 0.25) is 5.91 Å². The van der Waals surface area contributed by atoms with Crippen LogP contribution < -0.4 is 20.7 Å². The lowest BCUT2D eigenvalue weighted by Gasteiger charge is -2.30. The summed E-state index contributed by atoms with van der Waals surface area (Å²) in [5.41, 5.74) is 9.07. The molecule has 3 aliphatic rings. The second kappa shape index (κ2) is 9.93. The highest BCUT2D eigenvalue weighted by atomic mass is 16.5. The molecule has 0 spiro atoms. The minimum absolute atomic E-state index is 0.123. The highest BCUT2D eigenvalue weighted by Gasteiger charge is 2.28. The number of ether oxygens (including phenoxy) is 2. The van der Waals surface area contributed by atoms with Gasteiger partial charge in [-0.2, -0.15) is 9.97 Å². The first-order chi connectivity index (χ1) is 16.1. The van der Waals surface area contributed by atoms with Gasteiger partial charge in [-0.05, 0) is 55.8 Å². The Kier molecular flexibility index (Phi) is 6.59. The van der Waals surface area contributed by atoms with Crippen molar-refractivity contribution >= 4 is 23.2 Å². The van der Waals surface area contributed by atoms with Gasteiger partial charge in [0.05, 0.1) is 13.2 Å². The van der Waals surface area contributed by atoms with Crippen LogP contribution >= 0.6 is 0 Å². The fourth-order valence-corrected chi connectivity index (χ4v) is 4.77. The summed E-state index contributed by atoms with van der Waals surface area (Å²) in [5.74, 6) is 1.13. The number of anilines is 3. The molecular weight excluding hydrogens is 420 g/mol. The molecule has 0 atom stereocenters. The predicted molar refractivity (Wildman–Crippen MR) is 126 cm³/mol. The first-order valence-corrected chi connectivity index (χ1v) is 11.9. The summed E-state index contributed by atoms with van der Waals surface area (Å²) >= 11 is 0. The Hall–Kier alpha value is -2.91. The fraction of sp³-hybridized carbons (Fsp3) is 0.542. The molecular formula is C24H32N6O3. The summed E-state index contributed by atoms with van der Waals surface area (Å²) in [6.45, 7) is 6.11. The van der Waals surface area contributed by atoms with Crippen LogP contribution in [-0.2, 0) is 22.6 Å². The molecule has 1 aromatic carbocycles. The van der Waals surface area contributed by atoms with Gasteiger partial charge in [-0.1, -0.05) is 24.3 Å². The van der Waals surface area contributed by atoms with E-state index in [0.717, 1.165) is 51.3 Å². The average Bonchev–Trinajstić information content (AvgIpc) is 3.32. The Morgan fingerprint density at radius 2 is 1.88 bits per heavy atom. The van der Waals surface area contributed by atoms with E-state index >= 15 is 0 Å². The molecule has 0 unspecified atom stereocenters. The lowest BCUT2D eigenvalue weighted by atomic mass is 10.0. The van der Waals surface area contributed by atoms with Gasteiger partial charge in [0.1, 0.15) is 5.69 Å². The number of hydrogen-bond acceptors (Lipinski definition) is 8. The molecule has 4 heterocycles. The maximum Gasteiger partial charge on any atom is 0.320 e. The third-order valence-electron chi connectivity index (χ3n) is 6.55. The molecule has 9 nitrogen and oxygen atoms in total. The minimum atomic E-state index is -0.123. The Labute approximate surface area is 194 Å². The molecule has 1 aromatic heterocycles. The van der Waals surface area contributed by atoms with E-state index in [1.807, 2.05) is 4.90 Å². The third kappa shape index (κ3) is 5.36. The van der Waals surface area contributed by atoms with Gasteiger partial charge in [-0.3, -0.25) is 9.69 Å². The van der Waals surface area contributed by atoms with Crippen LogP contribution in [0.1, 0.15) is 36.8 Å². The van der Waals surface area contributed by atoms with Crippen molar-refractivity contribution in [2.24, 2.45) is 5.92 Å². The number of carbonyl (C=O) groups excluding carboxylic acids is 1. The number of amides is 1. The van der Waals surface area contributed by atoms with Crippen LogP contribution in [0.3, 0.4) is 0 Å². The van der Waals surface area contributed by atoms with E-state index in [-0.39, 0.29) is 24.3 Å². The van der Waals surface area contributed by atoms with E-state index in [1.165, 1.54) is 18.4 Å². The van der Waals surface area contributed by atoms with Gasteiger partial charge < -0.3 is 25.4 Å². The molecule has 0 radical (unpaired) electrons. The number of hydrogen-bond donors (Lipinski definition) is 2. The van der Waals surface area contributed by atoms with Gasteiger partial charge in [0.15, 0.2) is 11.6 Å². The van der Waals surface area contributed by atoms with E-state index in [2.05, 4.69) is 44.5 Å². The van der Waals surface area contributed by atoms with Crippen molar-refractivity contribution in [2.45, 2.75) is 38.8 Å². The van der Waals surface area contributed by atoms with E-state index < -0.39 is 0 Å². The molecule has 1 amide bonds. The van der Waals surface area contributed by atoms with Crippen molar-refractivity contribution in [1.29, 1.82) is 0 Å². The topological polar surface area (TPSA) is 106 Å². The van der Waals surface area contributed by atoms with Gasteiger partial charge >= 0.3 is 6.01 Å². The number of nitrogens with zero attached hydrogens (tertiary/aromatic N) is 4. The Morgan fingerprint density at radius 1 is 1.12 bits per heavy atom. The number of carbonyl (C=O) groups is 1. The quantitative estimate of drug-likeness (QED) is 0.660. The van der Waals surface area contributed by atoms with Crippen molar-refractivity contribution in [1.82, 2.24) is 14.9 Å². The molecule has 3 aliphatic heterocycles. The van der Waals surface area contributed by atoms with E-state index in [1.54, 1.807) is 0 Å². The van der Waals surface area contributed by atoms with Crippen LogP contribution in [0, 0.1) is 5.92 Å².